The summed E-state index contributed by atoms with van der Waals surface area (Å²) in [6, 6.07) is 25.9. The van der Waals surface area contributed by atoms with Gasteiger partial charge in [-0.1, -0.05) is 91.3 Å². The number of amides is 2. The summed E-state index contributed by atoms with van der Waals surface area (Å²) in [4.78, 5) is 29.1. The van der Waals surface area contributed by atoms with E-state index in [2.05, 4.69) is 56.4 Å². The maximum absolute atomic E-state index is 13.7. The highest BCUT2D eigenvalue weighted by atomic mass is 32.2. The highest BCUT2D eigenvalue weighted by Gasteiger charge is 2.31. The molecular formula is C31H38N2O2S. The third-order valence-electron chi connectivity index (χ3n) is 6.49. The van der Waals surface area contributed by atoms with Gasteiger partial charge in [-0.15, -0.1) is 11.8 Å². The van der Waals surface area contributed by atoms with Crippen LogP contribution in [-0.4, -0.2) is 34.6 Å². The fourth-order valence-corrected chi connectivity index (χ4v) is 4.86. The standard InChI is InChI=1S/C31H38N2O2S/c1-5-25(4)32-31(35)29(19-26-12-7-6-8-13-26)33(20-28-14-10-9-11-24(28)3)30(34)22-36-21-27-17-15-23(2)16-18-27/h6-18,25,29H,5,19-22H2,1-4H3,(H,32,35)/t25-,29+/m0/s1. The van der Waals surface area contributed by atoms with E-state index in [4.69, 9.17) is 0 Å². The van der Waals surface area contributed by atoms with Crippen molar-refractivity contribution in [3.63, 3.8) is 0 Å². The molecule has 0 saturated carbocycles. The Morgan fingerprint density at radius 1 is 0.889 bits per heavy atom. The smallest absolute Gasteiger partial charge is 0.243 e. The van der Waals surface area contributed by atoms with Crippen LogP contribution in [0.4, 0.5) is 0 Å². The van der Waals surface area contributed by atoms with Gasteiger partial charge in [-0.2, -0.15) is 0 Å². The highest BCUT2D eigenvalue weighted by Crippen LogP contribution is 2.20. The molecule has 0 spiro atoms. The fourth-order valence-electron chi connectivity index (χ4n) is 3.99. The topological polar surface area (TPSA) is 49.4 Å². The Balaban J connectivity index is 1.86. The molecule has 0 aromatic heterocycles. The molecule has 1 N–H and O–H groups in total. The molecule has 0 fully saturated rings. The van der Waals surface area contributed by atoms with E-state index in [0.717, 1.165) is 28.9 Å². The second-order valence-corrected chi connectivity index (χ2v) is 10.4. The average molecular weight is 503 g/mol. The van der Waals surface area contributed by atoms with Gasteiger partial charge in [0.2, 0.25) is 11.8 Å². The average Bonchev–Trinajstić information content (AvgIpc) is 2.88. The van der Waals surface area contributed by atoms with Crippen molar-refractivity contribution >= 4 is 23.6 Å². The van der Waals surface area contributed by atoms with Crippen LogP contribution >= 0.6 is 11.8 Å². The molecule has 190 valence electrons. The molecule has 0 aliphatic rings. The maximum Gasteiger partial charge on any atom is 0.243 e. The van der Waals surface area contributed by atoms with Gasteiger partial charge in [0, 0.05) is 24.8 Å². The van der Waals surface area contributed by atoms with Crippen molar-refractivity contribution in [3.8, 4) is 0 Å². The van der Waals surface area contributed by atoms with Crippen LogP contribution in [-0.2, 0) is 28.3 Å². The molecule has 0 heterocycles. The molecule has 3 aromatic carbocycles. The Morgan fingerprint density at radius 2 is 1.56 bits per heavy atom. The lowest BCUT2D eigenvalue weighted by atomic mass is 10.0. The Hall–Kier alpha value is -3.05. The zero-order valence-electron chi connectivity index (χ0n) is 21.9. The third kappa shape index (κ3) is 8.27. The van der Waals surface area contributed by atoms with E-state index in [1.165, 1.54) is 11.1 Å². The quantitative estimate of drug-likeness (QED) is 0.326. The summed E-state index contributed by atoms with van der Waals surface area (Å²) < 4.78 is 0. The third-order valence-corrected chi connectivity index (χ3v) is 7.48. The van der Waals surface area contributed by atoms with Crippen LogP contribution in [0.5, 0.6) is 0 Å². The van der Waals surface area contributed by atoms with E-state index in [1.54, 1.807) is 16.7 Å². The zero-order valence-corrected chi connectivity index (χ0v) is 22.7. The van der Waals surface area contributed by atoms with Crippen LogP contribution in [0.3, 0.4) is 0 Å². The lowest BCUT2D eigenvalue weighted by Gasteiger charge is -2.32. The predicted octanol–water partition coefficient (Wildman–Crippen LogP) is 6.09. The SMILES string of the molecule is CC[C@H](C)NC(=O)[C@@H](Cc1ccccc1)N(Cc1ccccc1C)C(=O)CSCc1ccc(C)cc1. The number of aryl methyl sites for hydroxylation is 2. The summed E-state index contributed by atoms with van der Waals surface area (Å²) >= 11 is 1.59. The van der Waals surface area contributed by atoms with Crippen LogP contribution < -0.4 is 5.32 Å². The first-order valence-electron chi connectivity index (χ1n) is 12.7. The molecule has 3 aromatic rings. The number of rotatable bonds is 12. The number of carbonyl (C=O) groups excluding carboxylic acids is 2. The summed E-state index contributed by atoms with van der Waals surface area (Å²) in [5.74, 6) is 0.961. The molecule has 0 saturated heterocycles. The van der Waals surface area contributed by atoms with Gasteiger partial charge in [-0.3, -0.25) is 9.59 Å². The first kappa shape index (κ1) is 27.5. The summed E-state index contributed by atoms with van der Waals surface area (Å²) in [7, 11) is 0. The van der Waals surface area contributed by atoms with Crippen molar-refractivity contribution in [2.45, 2.75) is 64.9 Å². The number of thioether (sulfide) groups is 1. The molecule has 5 heteroatoms. The number of nitrogens with zero attached hydrogens (tertiary/aromatic N) is 1. The van der Waals surface area contributed by atoms with E-state index < -0.39 is 6.04 Å². The monoisotopic (exact) mass is 502 g/mol. The Labute approximate surface area is 220 Å². The van der Waals surface area contributed by atoms with Crippen LogP contribution in [0.15, 0.2) is 78.9 Å². The maximum atomic E-state index is 13.7. The van der Waals surface area contributed by atoms with Crippen LogP contribution in [0, 0.1) is 13.8 Å². The summed E-state index contributed by atoms with van der Waals surface area (Å²) in [6.45, 7) is 8.58. The van der Waals surface area contributed by atoms with Crippen LogP contribution in [0.25, 0.3) is 0 Å². The molecule has 3 rings (SSSR count). The second-order valence-electron chi connectivity index (χ2n) is 9.45. The summed E-state index contributed by atoms with van der Waals surface area (Å²) in [5.41, 5.74) is 5.63. The van der Waals surface area contributed by atoms with E-state index in [9.17, 15) is 9.59 Å². The van der Waals surface area contributed by atoms with Crippen LogP contribution in [0.1, 0.15) is 48.1 Å². The van der Waals surface area contributed by atoms with Crippen molar-refractivity contribution < 1.29 is 9.59 Å². The fraction of sp³-hybridized carbons (Fsp3) is 0.355. The number of hydrogen-bond acceptors (Lipinski definition) is 3. The van der Waals surface area contributed by atoms with E-state index >= 15 is 0 Å². The molecule has 0 bridgehead atoms. The van der Waals surface area contributed by atoms with E-state index in [-0.39, 0.29) is 17.9 Å². The molecule has 4 nitrogen and oxygen atoms in total. The van der Waals surface area contributed by atoms with Gasteiger partial charge < -0.3 is 10.2 Å². The van der Waals surface area contributed by atoms with Crippen molar-refractivity contribution in [3.05, 3.63) is 107 Å². The zero-order chi connectivity index (χ0) is 25.9. The molecule has 0 aliphatic carbocycles. The lowest BCUT2D eigenvalue weighted by Crippen LogP contribution is -2.52. The normalized spacial score (nSPS) is 12.6. The van der Waals surface area contributed by atoms with Gasteiger partial charge in [-0.25, -0.2) is 0 Å². The van der Waals surface area contributed by atoms with Crippen molar-refractivity contribution in [2.24, 2.45) is 0 Å². The Bertz CT molecular complexity index is 1110. The van der Waals surface area contributed by atoms with Gasteiger partial charge in [0.1, 0.15) is 6.04 Å². The van der Waals surface area contributed by atoms with Gasteiger partial charge in [0.05, 0.1) is 5.75 Å². The molecule has 0 radical (unpaired) electrons. The molecule has 36 heavy (non-hydrogen) atoms. The number of nitrogens with one attached hydrogen (secondary N) is 1. The Morgan fingerprint density at radius 3 is 2.22 bits per heavy atom. The predicted molar refractivity (Wildman–Crippen MR) is 151 cm³/mol. The lowest BCUT2D eigenvalue weighted by molar-refractivity contribution is -0.139. The minimum atomic E-state index is -0.589. The molecular weight excluding hydrogens is 464 g/mol. The Kier molecular flexibility index (Phi) is 10.6. The minimum absolute atomic E-state index is 0.0180. The molecule has 2 atom stereocenters. The largest absolute Gasteiger partial charge is 0.352 e. The summed E-state index contributed by atoms with van der Waals surface area (Å²) in [5, 5.41) is 3.13. The van der Waals surface area contributed by atoms with Gasteiger partial charge >= 0.3 is 0 Å². The van der Waals surface area contributed by atoms with Crippen molar-refractivity contribution in [2.75, 3.05) is 5.75 Å². The summed E-state index contributed by atoms with van der Waals surface area (Å²) in [6.07, 6.45) is 1.31. The number of carbonyl (C=O) groups is 2. The number of benzene rings is 3. The minimum Gasteiger partial charge on any atom is -0.352 e. The van der Waals surface area contributed by atoms with Crippen LogP contribution in [0.2, 0.25) is 0 Å². The van der Waals surface area contributed by atoms with Gasteiger partial charge in [-0.05, 0) is 49.4 Å². The first-order valence-corrected chi connectivity index (χ1v) is 13.8. The van der Waals surface area contributed by atoms with Crippen molar-refractivity contribution in [1.82, 2.24) is 10.2 Å². The van der Waals surface area contributed by atoms with Gasteiger partial charge in [0.15, 0.2) is 0 Å². The highest BCUT2D eigenvalue weighted by molar-refractivity contribution is 7.99. The second kappa shape index (κ2) is 13.9. The first-order chi connectivity index (χ1) is 17.4. The number of hydrogen-bond donors (Lipinski definition) is 1. The molecule has 0 aliphatic heterocycles. The van der Waals surface area contributed by atoms with E-state index in [0.29, 0.717) is 18.7 Å². The molecule has 0 unspecified atom stereocenters. The molecule has 2 amide bonds. The van der Waals surface area contributed by atoms with E-state index in [1.807, 2.05) is 55.5 Å². The van der Waals surface area contributed by atoms with Crippen molar-refractivity contribution in [1.29, 1.82) is 0 Å². The van der Waals surface area contributed by atoms with Gasteiger partial charge in [0.25, 0.3) is 0 Å².